The van der Waals surface area contributed by atoms with Crippen LogP contribution in [0.4, 0.5) is 5.69 Å². The second-order valence-electron chi connectivity index (χ2n) is 8.00. The van der Waals surface area contributed by atoms with Crippen molar-refractivity contribution >= 4 is 17.5 Å². The fourth-order valence-corrected chi connectivity index (χ4v) is 4.37. The molecule has 2 amide bonds. The zero-order chi connectivity index (χ0) is 19.3. The van der Waals surface area contributed by atoms with Gasteiger partial charge >= 0.3 is 0 Å². The zero-order valence-electron chi connectivity index (χ0n) is 16.3. The Morgan fingerprint density at radius 2 is 1.54 bits per heavy atom. The standard InChI is InChI=1S/C24H28N2O2/c27-23(19-15-14-17-8-4-5-9-18(17)16-19)26-22-13-7-6-12-21(22)24(28)25-20-10-2-1-3-11-20/h6-7,12-16,20H,1-5,8-11H2,(H,25,28)(H,26,27). The first-order chi connectivity index (χ1) is 13.7. The number of rotatable bonds is 4. The lowest BCUT2D eigenvalue weighted by atomic mass is 9.90. The molecule has 0 heterocycles. The summed E-state index contributed by atoms with van der Waals surface area (Å²) in [5.41, 5.74) is 4.39. The van der Waals surface area contributed by atoms with Gasteiger partial charge in [-0.15, -0.1) is 0 Å². The molecule has 0 spiro atoms. The summed E-state index contributed by atoms with van der Waals surface area (Å²) >= 11 is 0. The van der Waals surface area contributed by atoms with Gasteiger partial charge in [-0.3, -0.25) is 9.59 Å². The summed E-state index contributed by atoms with van der Waals surface area (Å²) in [6.07, 6.45) is 10.2. The molecule has 4 rings (SSSR count). The highest BCUT2D eigenvalue weighted by Gasteiger charge is 2.20. The van der Waals surface area contributed by atoms with Gasteiger partial charge in [-0.05, 0) is 73.9 Å². The molecule has 1 fully saturated rings. The van der Waals surface area contributed by atoms with Crippen molar-refractivity contribution in [3.8, 4) is 0 Å². The van der Waals surface area contributed by atoms with Gasteiger partial charge in [-0.25, -0.2) is 0 Å². The van der Waals surface area contributed by atoms with Gasteiger partial charge in [0.2, 0.25) is 0 Å². The predicted molar refractivity (Wildman–Crippen MR) is 112 cm³/mol. The first-order valence-corrected chi connectivity index (χ1v) is 10.5. The highest BCUT2D eigenvalue weighted by molar-refractivity contribution is 6.09. The smallest absolute Gasteiger partial charge is 0.255 e. The number of benzene rings is 2. The monoisotopic (exact) mass is 376 g/mol. The third-order valence-corrected chi connectivity index (χ3v) is 5.97. The van der Waals surface area contributed by atoms with Crippen LogP contribution in [0.15, 0.2) is 42.5 Å². The predicted octanol–water partition coefficient (Wildman–Crippen LogP) is 4.88. The van der Waals surface area contributed by atoms with Crippen LogP contribution in [0.2, 0.25) is 0 Å². The quantitative estimate of drug-likeness (QED) is 0.799. The molecule has 4 heteroatoms. The summed E-state index contributed by atoms with van der Waals surface area (Å²) in [5.74, 6) is -0.264. The van der Waals surface area contributed by atoms with E-state index in [1.807, 2.05) is 24.3 Å². The Morgan fingerprint density at radius 1 is 0.786 bits per heavy atom. The summed E-state index contributed by atoms with van der Waals surface area (Å²) in [4.78, 5) is 25.6. The highest BCUT2D eigenvalue weighted by Crippen LogP contribution is 2.24. The van der Waals surface area contributed by atoms with Crippen molar-refractivity contribution in [1.29, 1.82) is 0 Å². The Hall–Kier alpha value is -2.62. The minimum absolute atomic E-state index is 0.103. The molecule has 1 saturated carbocycles. The average Bonchev–Trinajstić information content (AvgIpc) is 2.74. The van der Waals surface area contributed by atoms with Gasteiger partial charge in [0, 0.05) is 11.6 Å². The first kappa shape index (κ1) is 18.7. The largest absolute Gasteiger partial charge is 0.349 e. The molecule has 0 bridgehead atoms. The van der Waals surface area contributed by atoms with E-state index in [4.69, 9.17) is 0 Å². The number of nitrogens with one attached hydrogen (secondary N) is 2. The maximum absolute atomic E-state index is 12.8. The van der Waals surface area contributed by atoms with Crippen LogP contribution in [0.25, 0.3) is 0 Å². The van der Waals surface area contributed by atoms with E-state index in [0.717, 1.165) is 25.7 Å². The highest BCUT2D eigenvalue weighted by atomic mass is 16.2. The molecule has 2 aliphatic carbocycles. The molecule has 2 aliphatic rings. The minimum Gasteiger partial charge on any atom is -0.349 e. The second-order valence-corrected chi connectivity index (χ2v) is 8.00. The fraction of sp³-hybridized carbons (Fsp3) is 0.417. The van der Waals surface area contributed by atoms with Gasteiger partial charge in [0.15, 0.2) is 0 Å². The SMILES string of the molecule is O=C(Nc1ccccc1C(=O)NC1CCCCC1)c1ccc2c(c1)CCCC2. The van der Waals surface area contributed by atoms with Crippen LogP contribution < -0.4 is 10.6 Å². The van der Waals surface area contributed by atoms with Gasteiger partial charge < -0.3 is 10.6 Å². The number of hydrogen-bond donors (Lipinski definition) is 2. The van der Waals surface area contributed by atoms with E-state index < -0.39 is 0 Å². The van der Waals surface area contributed by atoms with Gasteiger partial charge in [-0.1, -0.05) is 37.5 Å². The van der Waals surface area contributed by atoms with Crippen LogP contribution in [0.5, 0.6) is 0 Å². The summed E-state index contributed by atoms with van der Waals surface area (Å²) < 4.78 is 0. The van der Waals surface area contributed by atoms with Crippen molar-refractivity contribution in [3.63, 3.8) is 0 Å². The number of carbonyl (C=O) groups is 2. The maximum Gasteiger partial charge on any atom is 0.255 e. The molecule has 0 saturated heterocycles. The molecule has 146 valence electrons. The Balaban J connectivity index is 1.48. The lowest BCUT2D eigenvalue weighted by molar-refractivity contribution is 0.0928. The number of carbonyl (C=O) groups excluding carboxylic acids is 2. The molecule has 2 aromatic carbocycles. The number of amides is 2. The lowest BCUT2D eigenvalue weighted by Gasteiger charge is -2.23. The summed E-state index contributed by atoms with van der Waals surface area (Å²) in [5, 5.41) is 6.09. The van der Waals surface area contributed by atoms with Crippen molar-refractivity contribution in [2.75, 3.05) is 5.32 Å². The van der Waals surface area contributed by atoms with Crippen LogP contribution in [-0.4, -0.2) is 17.9 Å². The molecule has 0 aromatic heterocycles. The Labute approximate surface area is 166 Å². The summed E-state index contributed by atoms with van der Waals surface area (Å²) in [6.45, 7) is 0. The van der Waals surface area contributed by atoms with Crippen LogP contribution in [0.1, 0.15) is 76.8 Å². The van der Waals surface area contributed by atoms with Crippen molar-refractivity contribution in [1.82, 2.24) is 5.32 Å². The van der Waals surface area contributed by atoms with Crippen molar-refractivity contribution in [2.24, 2.45) is 0 Å². The molecule has 0 aliphatic heterocycles. The topological polar surface area (TPSA) is 58.2 Å². The van der Waals surface area contributed by atoms with E-state index in [9.17, 15) is 9.59 Å². The average molecular weight is 377 g/mol. The second kappa shape index (κ2) is 8.59. The minimum atomic E-state index is -0.161. The van der Waals surface area contributed by atoms with E-state index in [1.54, 1.807) is 12.1 Å². The lowest BCUT2D eigenvalue weighted by Crippen LogP contribution is -2.36. The zero-order valence-corrected chi connectivity index (χ0v) is 16.3. The van der Waals surface area contributed by atoms with Crippen LogP contribution in [0, 0.1) is 0 Å². The number of anilines is 1. The van der Waals surface area contributed by atoms with Crippen molar-refractivity contribution in [3.05, 3.63) is 64.7 Å². The van der Waals surface area contributed by atoms with E-state index in [2.05, 4.69) is 16.7 Å². The van der Waals surface area contributed by atoms with Crippen molar-refractivity contribution in [2.45, 2.75) is 63.8 Å². The third kappa shape index (κ3) is 4.27. The number of para-hydroxylation sites is 1. The van der Waals surface area contributed by atoms with Gasteiger partial charge in [-0.2, -0.15) is 0 Å². The first-order valence-electron chi connectivity index (χ1n) is 10.5. The Kier molecular flexibility index (Phi) is 5.75. The van der Waals surface area contributed by atoms with E-state index >= 15 is 0 Å². The van der Waals surface area contributed by atoms with Crippen molar-refractivity contribution < 1.29 is 9.59 Å². The Bertz CT molecular complexity index is 869. The molecule has 2 aromatic rings. The van der Waals surface area contributed by atoms with Crippen LogP contribution >= 0.6 is 0 Å². The summed E-state index contributed by atoms with van der Waals surface area (Å²) in [7, 11) is 0. The molecule has 2 N–H and O–H groups in total. The normalized spacial score (nSPS) is 16.9. The molecule has 28 heavy (non-hydrogen) atoms. The van der Waals surface area contributed by atoms with Crippen LogP contribution in [0.3, 0.4) is 0 Å². The molecular weight excluding hydrogens is 348 g/mol. The van der Waals surface area contributed by atoms with E-state index in [-0.39, 0.29) is 17.9 Å². The van der Waals surface area contributed by atoms with E-state index in [1.165, 1.54) is 43.2 Å². The van der Waals surface area contributed by atoms with Gasteiger partial charge in [0.05, 0.1) is 11.3 Å². The molecule has 0 unspecified atom stereocenters. The maximum atomic E-state index is 12.8. The molecular formula is C24H28N2O2. The van der Waals surface area contributed by atoms with Gasteiger partial charge in [0.25, 0.3) is 11.8 Å². The van der Waals surface area contributed by atoms with Gasteiger partial charge in [0.1, 0.15) is 0 Å². The van der Waals surface area contributed by atoms with Crippen LogP contribution in [-0.2, 0) is 12.8 Å². The number of fused-ring (bicyclic) bond motifs is 1. The Morgan fingerprint density at radius 3 is 2.36 bits per heavy atom. The number of hydrogen-bond acceptors (Lipinski definition) is 2. The molecule has 4 nitrogen and oxygen atoms in total. The molecule has 0 atom stereocenters. The molecule has 0 radical (unpaired) electrons. The number of aryl methyl sites for hydroxylation is 2. The fourth-order valence-electron chi connectivity index (χ4n) is 4.37. The summed E-state index contributed by atoms with van der Waals surface area (Å²) in [6, 6.07) is 13.5. The van der Waals surface area contributed by atoms with E-state index in [0.29, 0.717) is 16.8 Å². The third-order valence-electron chi connectivity index (χ3n) is 5.97.